The van der Waals surface area contributed by atoms with Crippen molar-refractivity contribution < 1.29 is 0 Å². The molecule has 0 bridgehead atoms. The maximum absolute atomic E-state index is 4.44. The predicted molar refractivity (Wildman–Crippen MR) is 84.0 cm³/mol. The number of aromatic nitrogens is 2. The molecule has 1 heterocycles. The lowest BCUT2D eigenvalue weighted by atomic mass is 9.97. The SMILES string of the molecule is CNc1nnc(-c2cccc(C)c2C)c2ccccc12. The van der Waals surface area contributed by atoms with Gasteiger partial charge in [-0.3, -0.25) is 0 Å². The second-order valence-corrected chi connectivity index (χ2v) is 4.94. The molecule has 0 saturated heterocycles. The topological polar surface area (TPSA) is 37.8 Å². The minimum Gasteiger partial charge on any atom is -0.371 e. The number of anilines is 1. The van der Waals surface area contributed by atoms with Gasteiger partial charge in [-0.1, -0.05) is 42.5 Å². The molecule has 0 aliphatic heterocycles. The number of benzene rings is 2. The Balaban J connectivity index is 2.35. The molecule has 0 radical (unpaired) electrons. The standard InChI is InChI=1S/C17H17N3/c1-11-7-6-10-13(12(11)2)16-14-8-4-5-9-15(14)17(18-3)20-19-16/h4-10H,1-3H3,(H,18,20). The number of rotatable bonds is 2. The average Bonchev–Trinajstić information content (AvgIpc) is 2.49. The molecule has 3 aromatic rings. The lowest BCUT2D eigenvalue weighted by Gasteiger charge is -2.12. The Morgan fingerprint density at radius 3 is 2.35 bits per heavy atom. The fourth-order valence-electron chi connectivity index (χ4n) is 2.50. The fraction of sp³-hybridized carbons (Fsp3) is 0.176. The third kappa shape index (κ3) is 1.92. The van der Waals surface area contributed by atoms with Crippen LogP contribution in [0, 0.1) is 13.8 Å². The van der Waals surface area contributed by atoms with E-state index in [1.807, 2.05) is 19.2 Å². The van der Waals surface area contributed by atoms with Gasteiger partial charge in [-0.15, -0.1) is 10.2 Å². The van der Waals surface area contributed by atoms with Crippen LogP contribution in [0.3, 0.4) is 0 Å². The Bertz CT molecular complexity index is 778. The van der Waals surface area contributed by atoms with Crippen molar-refractivity contribution in [3.8, 4) is 11.3 Å². The van der Waals surface area contributed by atoms with E-state index < -0.39 is 0 Å². The molecule has 1 aromatic heterocycles. The van der Waals surface area contributed by atoms with Crippen LogP contribution < -0.4 is 5.32 Å². The van der Waals surface area contributed by atoms with Gasteiger partial charge in [0.2, 0.25) is 0 Å². The van der Waals surface area contributed by atoms with Gasteiger partial charge in [0.25, 0.3) is 0 Å². The summed E-state index contributed by atoms with van der Waals surface area (Å²) in [6.07, 6.45) is 0. The summed E-state index contributed by atoms with van der Waals surface area (Å²) in [4.78, 5) is 0. The summed E-state index contributed by atoms with van der Waals surface area (Å²) < 4.78 is 0. The van der Waals surface area contributed by atoms with Crippen LogP contribution in [0.25, 0.3) is 22.0 Å². The highest BCUT2D eigenvalue weighted by molar-refractivity contribution is 6.00. The zero-order valence-corrected chi connectivity index (χ0v) is 11.9. The summed E-state index contributed by atoms with van der Waals surface area (Å²) in [5, 5.41) is 14.1. The van der Waals surface area contributed by atoms with E-state index in [-0.39, 0.29) is 0 Å². The minimum absolute atomic E-state index is 0.814. The van der Waals surface area contributed by atoms with Gasteiger partial charge in [0, 0.05) is 23.4 Å². The van der Waals surface area contributed by atoms with E-state index in [9.17, 15) is 0 Å². The van der Waals surface area contributed by atoms with Crippen LogP contribution in [0.2, 0.25) is 0 Å². The van der Waals surface area contributed by atoms with Crippen molar-refractivity contribution in [3.05, 3.63) is 53.6 Å². The molecule has 0 fully saturated rings. The zero-order valence-electron chi connectivity index (χ0n) is 11.9. The van der Waals surface area contributed by atoms with Crippen LogP contribution in [0.15, 0.2) is 42.5 Å². The Labute approximate surface area is 118 Å². The first kappa shape index (κ1) is 12.6. The molecular weight excluding hydrogens is 246 g/mol. The number of nitrogens with one attached hydrogen (secondary N) is 1. The van der Waals surface area contributed by atoms with Crippen LogP contribution in [0.4, 0.5) is 5.82 Å². The highest BCUT2D eigenvalue weighted by atomic mass is 15.2. The molecule has 3 rings (SSSR count). The Morgan fingerprint density at radius 1 is 0.850 bits per heavy atom. The molecule has 0 aliphatic carbocycles. The van der Waals surface area contributed by atoms with Crippen molar-refractivity contribution in [2.75, 3.05) is 12.4 Å². The second-order valence-electron chi connectivity index (χ2n) is 4.94. The zero-order chi connectivity index (χ0) is 14.1. The van der Waals surface area contributed by atoms with Gasteiger partial charge in [0.1, 0.15) is 5.69 Å². The van der Waals surface area contributed by atoms with Crippen molar-refractivity contribution in [2.24, 2.45) is 0 Å². The van der Waals surface area contributed by atoms with E-state index in [1.54, 1.807) is 0 Å². The smallest absolute Gasteiger partial charge is 0.156 e. The molecule has 20 heavy (non-hydrogen) atoms. The molecule has 0 aliphatic rings. The monoisotopic (exact) mass is 263 g/mol. The van der Waals surface area contributed by atoms with Gasteiger partial charge in [-0.25, -0.2) is 0 Å². The fourth-order valence-corrected chi connectivity index (χ4v) is 2.50. The second kappa shape index (κ2) is 4.93. The molecule has 1 N–H and O–H groups in total. The van der Waals surface area contributed by atoms with Crippen LogP contribution >= 0.6 is 0 Å². The molecule has 0 unspecified atom stereocenters. The van der Waals surface area contributed by atoms with E-state index in [2.05, 4.69) is 59.7 Å². The molecule has 100 valence electrons. The van der Waals surface area contributed by atoms with Gasteiger partial charge in [-0.2, -0.15) is 0 Å². The highest BCUT2D eigenvalue weighted by Gasteiger charge is 2.12. The molecule has 0 saturated carbocycles. The molecule has 3 nitrogen and oxygen atoms in total. The average molecular weight is 263 g/mol. The minimum atomic E-state index is 0.814. The first-order valence-electron chi connectivity index (χ1n) is 6.72. The number of hydrogen-bond acceptors (Lipinski definition) is 3. The number of hydrogen-bond donors (Lipinski definition) is 1. The lowest BCUT2D eigenvalue weighted by molar-refractivity contribution is 1.05. The van der Waals surface area contributed by atoms with E-state index >= 15 is 0 Å². The normalized spacial score (nSPS) is 10.8. The van der Waals surface area contributed by atoms with Crippen molar-refractivity contribution in [1.82, 2.24) is 10.2 Å². The molecular formula is C17H17N3. The predicted octanol–water partition coefficient (Wildman–Crippen LogP) is 3.96. The van der Waals surface area contributed by atoms with Crippen molar-refractivity contribution in [3.63, 3.8) is 0 Å². The molecule has 0 spiro atoms. The number of fused-ring (bicyclic) bond motifs is 1. The van der Waals surface area contributed by atoms with Crippen LogP contribution in [-0.2, 0) is 0 Å². The summed E-state index contributed by atoms with van der Waals surface area (Å²) in [5.74, 6) is 0.814. The molecule has 3 heteroatoms. The first-order chi connectivity index (χ1) is 9.72. The Kier molecular flexibility index (Phi) is 3.11. The number of aryl methyl sites for hydroxylation is 1. The van der Waals surface area contributed by atoms with E-state index in [0.717, 1.165) is 27.8 Å². The summed E-state index contributed by atoms with van der Waals surface area (Å²) in [5.41, 5.74) is 4.62. The van der Waals surface area contributed by atoms with Crippen molar-refractivity contribution in [2.45, 2.75) is 13.8 Å². The third-order valence-electron chi connectivity index (χ3n) is 3.78. The molecule has 0 atom stereocenters. The summed E-state index contributed by atoms with van der Waals surface area (Å²) in [6, 6.07) is 14.5. The van der Waals surface area contributed by atoms with Gasteiger partial charge in [-0.05, 0) is 25.0 Å². The van der Waals surface area contributed by atoms with Crippen LogP contribution in [0.1, 0.15) is 11.1 Å². The van der Waals surface area contributed by atoms with E-state index in [1.165, 1.54) is 11.1 Å². The van der Waals surface area contributed by atoms with Crippen molar-refractivity contribution in [1.29, 1.82) is 0 Å². The summed E-state index contributed by atoms with van der Waals surface area (Å²) >= 11 is 0. The van der Waals surface area contributed by atoms with Gasteiger partial charge < -0.3 is 5.32 Å². The van der Waals surface area contributed by atoms with Gasteiger partial charge in [0.05, 0.1) is 0 Å². The summed E-state index contributed by atoms with van der Waals surface area (Å²) in [7, 11) is 1.87. The lowest BCUT2D eigenvalue weighted by Crippen LogP contribution is -1.99. The molecule has 0 amide bonds. The quantitative estimate of drug-likeness (QED) is 0.760. The van der Waals surface area contributed by atoms with Gasteiger partial charge in [0.15, 0.2) is 5.82 Å². The third-order valence-corrected chi connectivity index (χ3v) is 3.78. The Hall–Kier alpha value is -2.42. The van der Waals surface area contributed by atoms with Crippen LogP contribution in [0.5, 0.6) is 0 Å². The van der Waals surface area contributed by atoms with E-state index in [0.29, 0.717) is 0 Å². The first-order valence-corrected chi connectivity index (χ1v) is 6.72. The van der Waals surface area contributed by atoms with Gasteiger partial charge >= 0.3 is 0 Å². The van der Waals surface area contributed by atoms with Crippen LogP contribution in [-0.4, -0.2) is 17.2 Å². The largest absolute Gasteiger partial charge is 0.371 e. The maximum atomic E-state index is 4.44. The van der Waals surface area contributed by atoms with E-state index in [4.69, 9.17) is 0 Å². The van der Waals surface area contributed by atoms with Crippen molar-refractivity contribution >= 4 is 16.6 Å². The highest BCUT2D eigenvalue weighted by Crippen LogP contribution is 2.31. The molecule has 2 aromatic carbocycles. The Morgan fingerprint density at radius 2 is 1.60 bits per heavy atom. The number of nitrogens with zero attached hydrogens (tertiary/aromatic N) is 2. The summed E-state index contributed by atoms with van der Waals surface area (Å²) in [6.45, 7) is 4.25. The maximum Gasteiger partial charge on any atom is 0.156 e.